The summed E-state index contributed by atoms with van der Waals surface area (Å²) in [6.45, 7) is 5.49. The van der Waals surface area contributed by atoms with Gasteiger partial charge in [0.15, 0.2) is 0 Å². The zero-order valence-corrected chi connectivity index (χ0v) is 9.24. The summed E-state index contributed by atoms with van der Waals surface area (Å²) in [5.41, 5.74) is 0. The van der Waals surface area contributed by atoms with E-state index in [-0.39, 0.29) is 11.2 Å². The third-order valence-electron chi connectivity index (χ3n) is 1.67. The van der Waals surface area contributed by atoms with Crippen molar-refractivity contribution in [1.82, 2.24) is 10.6 Å². The molecule has 4 nitrogen and oxygen atoms in total. The number of rotatable bonds is 6. The highest BCUT2D eigenvalue weighted by Gasteiger charge is 2.03. The molecule has 13 heavy (non-hydrogen) atoms. The van der Waals surface area contributed by atoms with Gasteiger partial charge in [0.05, 0.1) is 0 Å². The molecule has 0 aliphatic carbocycles. The molecule has 0 fully saturated rings. The van der Waals surface area contributed by atoms with Crippen molar-refractivity contribution in [3.63, 3.8) is 0 Å². The molecule has 0 radical (unpaired) electrons. The maximum Gasteiger partial charge on any atom is 0.216 e. The Labute approximate surface area is 81.9 Å². The second-order valence-electron chi connectivity index (χ2n) is 3.00. The maximum absolute atomic E-state index is 10.9. The molecule has 1 amide bonds. The summed E-state index contributed by atoms with van der Waals surface area (Å²) in [4.78, 5) is 10.5. The van der Waals surface area contributed by atoms with Gasteiger partial charge in [0.1, 0.15) is 0 Å². The van der Waals surface area contributed by atoms with Gasteiger partial charge in [-0.15, -0.1) is 0 Å². The van der Waals surface area contributed by atoms with E-state index in [1.165, 1.54) is 6.92 Å². The minimum atomic E-state index is -0.774. The molecule has 0 saturated heterocycles. The summed E-state index contributed by atoms with van der Waals surface area (Å²) >= 11 is 0. The molecule has 0 heterocycles. The van der Waals surface area contributed by atoms with Crippen molar-refractivity contribution in [1.29, 1.82) is 0 Å². The Morgan fingerprint density at radius 2 is 2.08 bits per heavy atom. The van der Waals surface area contributed by atoms with Crippen molar-refractivity contribution >= 4 is 16.7 Å². The summed E-state index contributed by atoms with van der Waals surface area (Å²) in [5, 5.41) is 5.95. The van der Waals surface area contributed by atoms with Crippen LogP contribution in [-0.4, -0.2) is 41.3 Å². The van der Waals surface area contributed by atoms with Crippen LogP contribution in [0.3, 0.4) is 0 Å². The Morgan fingerprint density at radius 3 is 2.54 bits per heavy atom. The highest BCUT2D eigenvalue weighted by molar-refractivity contribution is 7.84. The summed E-state index contributed by atoms with van der Waals surface area (Å²) in [7, 11) is -0.774. The molecule has 5 heteroatoms. The van der Waals surface area contributed by atoms with Gasteiger partial charge in [-0.3, -0.25) is 9.00 Å². The second-order valence-corrected chi connectivity index (χ2v) is 4.80. The van der Waals surface area contributed by atoms with Crippen molar-refractivity contribution in [3.8, 4) is 0 Å². The van der Waals surface area contributed by atoms with Crippen LogP contribution in [0.2, 0.25) is 0 Å². The van der Waals surface area contributed by atoms with Gasteiger partial charge in [0.2, 0.25) is 5.91 Å². The van der Waals surface area contributed by atoms with Crippen LogP contribution in [0.15, 0.2) is 0 Å². The monoisotopic (exact) mass is 206 g/mol. The van der Waals surface area contributed by atoms with Crippen molar-refractivity contribution < 1.29 is 9.00 Å². The topological polar surface area (TPSA) is 58.2 Å². The van der Waals surface area contributed by atoms with Gasteiger partial charge in [0.25, 0.3) is 0 Å². The van der Waals surface area contributed by atoms with E-state index in [2.05, 4.69) is 10.6 Å². The molecule has 0 aromatic rings. The van der Waals surface area contributed by atoms with Gasteiger partial charge in [0, 0.05) is 48.9 Å². The van der Waals surface area contributed by atoms with Crippen LogP contribution < -0.4 is 10.6 Å². The Balaban J connectivity index is 3.26. The van der Waals surface area contributed by atoms with Crippen LogP contribution in [-0.2, 0) is 15.6 Å². The number of carbonyl (C=O) groups is 1. The third-order valence-corrected chi connectivity index (χ3v) is 2.97. The minimum Gasteiger partial charge on any atom is -0.355 e. The fourth-order valence-electron chi connectivity index (χ4n) is 0.750. The molecule has 0 aromatic heterocycles. The zero-order valence-electron chi connectivity index (χ0n) is 8.42. The average Bonchev–Trinajstić information content (AvgIpc) is 2.02. The van der Waals surface area contributed by atoms with Crippen LogP contribution in [0.5, 0.6) is 0 Å². The Hall–Kier alpha value is -0.420. The first-order valence-electron chi connectivity index (χ1n) is 4.31. The van der Waals surface area contributed by atoms with Gasteiger partial charge >= 0.3 is 0 Å². The maximum atomic E-state index is 10.9. The van der Waals surface area contributed by atoms with E-state index >= 15 is 0 Å². The molecule has 0 aliphatic rings. The van der Waals surface area contributed by atoms with E-state index in [1.807, 2.05) is 6.92 Å². The lowest BCUT2D eigenvalue weighted by atomic mass is 10.4. The molecule has 0 spiro atoms. The first-order valence-corrected chi connectivity index (χ1v) is 5.93. The summed E-state index contributed by atoms with van der Waals surface area (Å²) in [5.74, 6) is -0.0195. The lowest BCUT2D eigenvalue weighted by Crippen LogP contribution is -2.34. The zero-order chi connectivity index (χ0) is 10.3. The number of hydrogen-bond donors (Lipinski definition) is 2. The standard InChI is InChI=1S/C8H18N2O2S/c1-7(13(3)12)6-9-4-5-10-8(2)11/h7,9H,4-6H2,1-3H3,(H,10,11). The Bertz CT molecular complexity index is 185. The second kappa shape index (κ2) is 7.03. The van der Waals surface area contributed by atoms with Crippen LogP contribution in [0.4, 0.5) is 0 Å². The van der Waals surface area contributed by atoms with E-state index in [9.17, 15) is 9.00 Å². The number of nitrogens with one attached hydrogen (secondary N) is 2. The van der Waals surface area contributed by atoms with Crippen molar-refractivity contribution in [2.24, 2.45) is 0 Å². The predicted molar refractivity (Wildman–Crippen MR) is 55.1 cm³/mol. The molecular formula is C8H18N2O2S. The molecule has 0 aromatic carbocycles. The van der Waals surface area contributed by atoms with E-state index in [4.69, 9.17) is 0 Å². The molecule has 0 saturated carbocycles. The number of hydrogen-bond acceptors (Lipinski definition) is 3. The highest BCUT2D eigenvalue weighted by Crippen LogP contribution is 1.88. The van der Waals surface area contributed by atoms with Crippen molar-refractivity contribution in [2.75, 3.05) is 25.9 Å². The van der Waals surface area contributed by atoms with Crippen LogP contribution in [0, 0.1) is 0 Å². The Kier molecular flexibility index (Phi) is 6.80. The van der Waals surface area contributed by atoms with Crippen LogP contribution in [0.25, 0.3) is 0 Å². The minimum absolute atomic E-state index is 0.0195. The molecule has 2 atom stereocenters. The molecular weight excluding hydrogens is 188 g/mol. The molecule has 0 bridgehead atoms. The van der Waals surface area contributed by atoms with E-state index < -0.39 is 10.8 Å². The first-order chi connectivity index (χ1) is 6.04. The van der Waals surface area contributed by atoms with Crippen LogP contribution in [0.1, 0.15) is 13.8 Å². The van der Waals surface area contributed by atoms with Crippen molar-refractivity contribution in [3.05, 3.63) is 0 Å². The Morgan fingerprint density at radius 1 is 1.46 bits per heavy atom. The molecule has 0 aliphatic heterocycles. The van der Waals surface area contributed by atoms with Crippen LogP contribution >= 0.6 is 0 Å². The van der Waals surface area contributed by atoms with Gasteiger partial charge in [-0.05, 0) is 6.92 Å². The summed E-state index contributed by atoms with van der Waals surface area (Å²) < 4.78 is 10.9. The summed E-state index contributed by atoms with van der Waals surface area (Å²) in [6, 6.07) is 0. The fraction of sp³-hybridized carbons (Fsp3) is 0.875. The van der Waals surface area contributed by atoms with Crippen molar-refractivity contribution in [2.45, 2.75) is 19.1 Å². The molecule has 2 N–H and O–H groups in total. The summed E-state index contributed by atoms with van der Waals surface area (Å²) in [6.07, 6.45) is 1.69. The lowest BCUT2D eigenvalue weighted by Gasteiger charge is -2.09. The molecule has 0 rings (SSSR count). The molecule has 78 valence electrons. The van der Waals surface area contributed by atoms with Gasteiger partial charge in [-0.2, -0.15) is 0 Å². The van der Waals surface area contributed by atoms with Gasteiger partial charge in [-0.25, -0.2) is 0 Å². The number of amides is 1. The van der Waals surface area contributed by atoms with E-state index in [1.54, 1.807) is 6.26 Å². The first kappa shape index (κ1) is 12.6. The lowest BCUT2D eigenvalue weighted by molar-refractivity contribution is -0.118. The number of carbonyl (C=O) groups excluding carboxylic acids is 1. The third kappa shape index (κ3) is 7.93. The smallest absolute Gasteiger partial charge is 0.216 e. The highest BCUT2D eigenvalue weighted by atomic mass is 32.2. The predicted octanol–water partition coefficient (Wildman–Crippen LogP) is -0.521. The average molecular weight is 206 g/mol. The largest absolute Gasteiger partial charge is 0.355 e. The quantitative estimate of drug-likeness (QED) is 0.575. The van der Waals surface area contributed by atoms with Gasteiger partial charge in [-0.1, -0.05) is 0 Å². The van der Waals surface area contributed by atoms with E-state index in [0.717, 1.165) is 13.1 Å². The normalized spacial score (nSPS) is 15.0. The van der Waals surface area contributed by atoms with E-state index in [0.29, 0.717) is 6.54 Å². The fourth-order valence-corrected chi connectivity index (χ4v) is 1.10. The molecule has 2 unspecified atom stereocenters. The SMILES string of the molecule is CC(=O)NCCNCC(C)S(C)=O. The van der Waals surface area contributed by atoms with Gasteiger partial charge < -0.3 is 10.6 Å².